The van der Waals surface area contributed by atoms with E-state index in [-0.39, 0.29) is 10.3 Å². The molecule has 0 aliphatic heterocycles. The molecule has 0 aliphatic rings. The summed E-state index contributed by atoms with van der Waals surface area (Å²) in [6.45, 7) is 4.17. The maximum Gasteiger partial charge on any atom is 0.194 e. The molecule has 0 saturated heterocycles. The molecule has 1 nitrogen and oxygen atoms in total. The Bertz CT molecular complexity index is 649. The van der Waals surface area contributed by atoms with E-state index in [1.165, 1.54) is 17.2 Å². The van der Waals surface area contributed by atoms with Crippen molar-refractivity contribution >= 4 is 21.7 Å². The number of carbonyl (C=O) groups is 1. The molecule has 0 fully saturated rings. The van der Waals surface area contributed by atoms with Gasteiger partial charge in [0.2, 0.25) is 0 Å². The summed E-state index contributed by atoms with van der Waals surface area (Å²) in [5.74, 6) is -0.578. The molecule has 0 radical (unpaired) electrons. The van der Waals surface area contributed by atoms with Crippen molar-refractivity contribution in [1.82, 2.24) is 0 Å². The lowest BCUT2D eigenvalue weighted by atomic mass is 9.96. The first kappa shape index (κ1) is 14.9. The molecule has 20 heavy (non-hydrogen) atoms. The van der Waals surface area contributed by atoms with E-state index in [2.05, 4.69) is 29.8 Å². The van der Waals surface area contributed by atoms with Gasteiger partial charge in [-0.25, -0.2) is 4.39 Å². The van der Waals surface area contributed by atoms with Crippen molar-refractivity contribution in [3.8, 4) is 0 Å². The number of benzene rings is 2. The topological polar surface area (TPSA) is 17.1 Å². The first-order chi connectivity index (χ1) is 9.58. The van der Waals surface area contributed by atoms with Crippen molar-refractivity contribution in [3.63, 3.8) is 0 Å². The predicted octanol–water partition coefficient (Wildman–Crippen LogP) is 4.94. The normalized spacial score (nSPS) is 10.6. The van der Waals surface area contributed by atoms with Gasteiger partial charge in [-0.05, 0) is 58.1 Å². The van der Waals surface area contributed by atoms with Gasteiger partial charge in [0.05, 0.1) is 4.47 Å². The third kappa shape index (κ3) is 2.83. The summed E-state index contributed by atoms with van der Waals surface area (Å²) < 4.78 is 13.7. The summed E-state index contributed by atoms with van der Waals surface area (Å²) in [4.78, 5) is 12.5. The minimum Gasteiger partial charge on any atom is -0.289 e. The van der Waals surface area contributed by atoms with Gasteiger partial charge in [0, 0.05) is 11.1 Å². The fourth-order valence-corrected chi connectivity index (χ4v) is 2.72. The third-order valence-electron chi connectivity index (χ3n) is 3.43. The van der Waals surface area contributed by atoms with E-state index in [0.29, 0.717) is 11.1 Å². The molecular weight excluding hydrogens is 319 g/mol. The maximum absolute atomic E-state index is 13.5. The molecule has 0 heterocycles. The summed E-state index contributed by atoms with van der Waals surface area (Å²) in [6, 6.07) is 10.2. The fraction of sp³-hybridized carbons (Fsp3) is 0.235. The van der Waals surface area contributed by atoms with E-state index in [1.807, 2.05) is 18.2 Å². The lowest BCUT2D eigenvalue weighted by molar-refractivity contribution is 0.103. The number of hydrogen-bond acceptors (Lipinski definition) is 1. The van der Waals surface area contributed by atoms with Crippen LogP contribution in [0.25, 0.3) is 0 Å². The molecule has 0 saturated carbocycles. The van der Waals surface area contributed by atoms with Crippen LogP contribution >= 0.6 is 15.9 Å². The molecule has 2 aromatic carbocycles. The van der Waals surface area contributed by atoms with Gasteiger partial charge in [-0.15, -0.1) is 0 Å². The van der Waals surface area contributed by atoms with E-state index in [0.717, 1.165) is 12.8 Å². The molecule has 0 amide bonds. The van der Waals surface area contributed by atoms with Crippen LogP contribution in [0, 0.1) is 5.82 Å². The van der Waals surface area contributed by atoms with Crippen LogP contribution in [0.15, 0.2) is 40.9 Å². The Balaban J connectivity index is 2.46. The maximum atomic E-state index is 13.5. The summed E-state index contributed by atoms with van der Waals surface area (Å²) >= 11 is 3.15. The molecule has 0 unspecified atom stereocenters. The molecule has 0 aliphatic carbocycles. The zero-order valence-corrected chi connectivity index (χ0v) is 13.1. The van der Waals surface area contributed by atoms with E-state index in [1.54, 1.807) is 12.1 Å². The number of aryl methyl sites for hydroxylation is 2. The third-order valence-corrected chi connectivity index (χ3v) is 4.23. The average Bonchev–Trinajstić information content (AvgIpc) is 2.48. The van der Waals surface area contributed by atoms with Crippen molar-refractivity contribution in [1.29, 1.82) is 0 Å². The van der Waals surface area contributed by atoms with Crippen molar-refractivity contribution in [2.45, 2.75) is 26.7 Å². The van der Waals surface area contributed by atoms with Crippen LogP contribution in [-0.4, -0.2) is 5.78 Å². The van der Waals surface area contributed by atoms with Crippen LogP contribution in [0.5, 0.6) is 0 Å². The Morgan fingerprint density at radius 3 is 2.45 bits per heavy atom. The van der Waals surface area contributed by atoms with Gasteiger partial charge in [0.15, 0.2) is 5.78 Å². The molecule has 0 bridgehead atoms. The summed E-state index contributed by atoms with van der Waals surface area (Å²) in [5.41, 5.74) is 3.38. The minimum atomic E-state index is -0.420. The molecule has 0 atom stereocenters. The van der Waals surface area contributed by atoms with Gasteiger partial charge < -0.3 is 0 Å². The van der Waals surface area contributed by atoms with E-state index in [4.69, 9.17) is 0 Å². The predicted molar refractivity (Wildman–Crippen MR) is 82.7 cm³/mol. The van der Waals surface area contributed by atoms with Crippen molar-refractivity contribution in [2.24, 2.45) is 0 Å². The highest BCUT2D eigenvalue weighted by Gasteiger charge is 2.16. The SMILES string of the molecule is CCc1ccc(C(=O)c2cccc(F)c2Br)cc1CC. The zero-order valence-electron chi connectivity index (χ0n) is 11.5. The fourth-order valence-electron chi connectivity index (χ4n) is 2.28. The Morgan fingerprint density at radius 1 is 1.10 bits per heavy atom. The zero-order chi connectivity index (χ0) is 14.7. The second kappa shape index (κ2) is 6.31. The highest BCUT2D eigenvalue weighted by molar-refractivity contribution is 9.10. The molecule has 0 spiro atoms. The van der Waals surface area contributed by atoms with Crippen LogP contribution < -0.4 is 0 Å². The van der Waals surface area contributed by atoms with Crippen molar-refractivity contribution in [2.75, 3.05) is 0 Å². The molecule has 104 valence electrons. The lowest BCUT2D eigenvalue weighted by Gasteiger charge is -2.09. The smallest absolute Gasteiger partial charge is 0.194 e. The molecule has 0 N–H and O–H groups in total. The van der Waals surface area contributed by atoms with Crippen LogP contribution in [-0.2, 0) is 12.8 Å². The van der Waals surface area contributed by atoms with Crippen molar-refractivity contribution < 1.29 is 9.18 Å². The molecule has 2 aromatic rings. The Kier molecular flexibility index (Phi) is 4.71. The quantitative estimate of drug-likeness (QED) is 0.723. The van der Waals surface area contributed by atoms with Gasteiger partial charge in [-0.1, -0.05) is 32.0 Å². The Morgan fingerprint density at radius 2 is 1.80 bits per heavy atom. The number of ketones is 1. The van der Waals surface area contributed by atoms with Crippen LogP contribution in [0.2, 0.25) is 0 Å². The number of halogens is 2. The Hall–Kier alpha value is -1.48. The molecular formula is C17H16BrFO. The van der Waals surface area contributed by atoms with E-state index >= 15 is 0 Å². The Labute approximate surface area is 127 Å². The minimum absolute atomic E-state index is 0.159. The summed E-state index contributed by atoms with van der Waals surface area (Å²) in [6.07, 6.45) is 1.83. The van der Waals surface area contributed by atoms with Crippen LogP contribution in [0.4, 0.5) is 4.39 Å². The van der Waals surface area contributed by atoms with Gasteiger partial charge in [0.25, 0.3) is 0 Å². The molecule has 3 heteroatoms. The van der Waals surface area contributed by atoms with Crippen molar-refractivity contribution in [3.05, 3.63) is 68.9 Å². The monoisotopic (exact) mass is 334 g/mol. The number of carbonyl (C=O) groups excluding carboxylic acids is 1. The van der Waals surface area contributed by atoms with Gasteiger partial charge in [0.1, 0.15) is 5.82 Å². The van der Waals surface area contributed by atoms with Crippen LogP contribution in [0.3, 0.4) is 0 Å². The first-order valence-electron chi connectivity index (χ1n) is 6.69. The van der Waals surface area contributed by atoms with E-state index in [9.17, 15) is 9.18 Å². The summed E-state index contributed by atoms with van der Waals surface area (Å²) in [7, 11) is 0. The van der Waals surface area contributed by atoms with Crippen LogP contribution in [0.1, 0.15) is 40.9 Å². The second-order valence-electron chi connectivity index (χ2n) is 4.62. The molecule has 0 aromatic heterocycles. The van der Waals surface area contributed by atoms with Gasteiger partial charge >= 0.3 is 0 Å². The van der Waals surface area contributed by atoms with E-state index < -0.39 is 5.82 Å². The number of rotatable bonds is 4. The highest BCUT2D eigenvalue weighted by atomic mass is 79.9. The second-order valence-corrected chi connectivity index (χ2v) is 5.41. The lowest BCUT2D eigenvalue weighted by Crippen LogP contribution is -2.05. The largest absolute Gasteiger partial charge is 0.289 e. The standard InChI is InChI=1S/C17H16BrFO/c1-3-11-8-9-13(10-12(11)4-2)17(20)14-6-5-7-15(19)16(14)18/h5-10H,3-4H2,1-2H3. The van der Waals surface area contributed by atoms with Gasteiger partial charge in [-0.3, -0.25) is 4.79 Å². The average molecular weight is 335 g/mol. The number of hydrogen-bond donors (Lipinski definition) is 0. The molecule has 2 rings (SSSR count). The highest BCUT2D eigenvalue weighted by Crippen LogP contribution is 2.24. The van der Waals surface area contributed by atoms with Gasteiger partial charge in [-0.2, -0.15) is 0 Å². The first-order valence-corrected chi connectivity index (χ1v) is 7.48. The summed E-state index contributed by atoms with van der Waals surface area (Å²) in [5, 5.41) is 0.